The number of rotatable bonds is 11. The summed E-state index contributed by atoms with van der Waals surface area (Å²) >= 11 is 0. The van der Waals surface area contributed by atoms with E-state index in [2.05, 4.69) is 16.5 Å². The molecule has 1 amide bonds. The van der Waals surface area contributed by atoms with Crippen molar-refractivity contribution in [3.63, 3.8) is 0 Å². The molecule has 2 heterocycles. The molecule has 2 aliphatic rings. The number of carbonyl (C=O) groups excluding carboxylic acids is 1. The lowest BCUT2D eigenvalue weighted by Crippen LogP contribution is -2.50. The van der Waals surface area contributed by atoms with Crippen LogP contribution in [-0.4, -0.2) is 72.9 Å². The predicted octanol–water partition coefficient (Wildman–Crippen LogP) is 2.89. The minimum atomic E-state index is -3.23. The maximum absolute atomic E-state index is 12.9. The first kappa shape index (κ1) is 28.1. The zero-order valence-corrected chi connectivity index (χ0v) is 24.1. The number of para-hydroxylation sites is 1. The van der Waals surface area contributed by atoms with Crippen molar-refractivity contribution in [3.8, 4) is 11.5 Å². The Bertz CT molecular complexity index is 1440. The van der Waals surface area contributed by atoms with E-state index in [9.17, 15) is 13.2 Å². The number of nitrogens with zero attached hydrogens (tertiary/aromatic N) is 4. The molecule has 0 spiro atoms. The predicted molar refractivity (Wildman–Crippen MR) is 152 cm³/mol. The normalized spacial score (nSPS) is 16.2. The number of carbonyl (C=O) groups is 1. The van der Waals surface area contributed by atoms with Gasteiger partial charge in [-0.15, -0.1) is 0 Å². The van der Waals surface area contributed by atoms with Gasteiger partial charge in [0.05, 0.1) is 24.8 Å². The van der Waals surface area contributed by atoms with Gasteiger partial charge in [-0.2, -0.15) is 9.40 Å². The van der Waals surface area contributed by atoms with Gasteiger partial charge in [0.2, 0.25) is 10.0 Å². The minimum absolute atomic E-state index is 0.0997. The van der Waals surface area contributed by atoms with Crippen molar-refractivity contribution < 1.29 is 22.7 Å². The second-order valence-corrected chi connectivity index (χ2v) is 12.4. The van der Waals surface area contributed by atoms with Crippen LogP contribution < -0.4 is 14.8 Å². The summed E-state index contributed by atoms with van der Waals surface area (Å²) in [5, 5.41) is 8.13. The van der Waals surface area contributed by atoms with E-state index in [0.29, 0.717) is 68.9 Å². The van der Waals surface area contributed by atoms with E-state index >= 15 is 0 Å². The molecule has 40 heavy (non-hydrogen) atoms. The van der Waals surface area contributed by atoms with E-state index < -0.39 is 10.0 Å². The number of amides is 1. The highest BCUT2D eigenvalue weighted by atomic mass is 32.2. The van der Waals surface area contributed by atoms with E-state index in [-0.39, 0.29) is 5.91 Å². The molecule has 2 fully saturated rings. The quantitative estimate of drug-likeness (QED) is 0.380. The summed E-state index contributed by atoms with van der Waals surface area (Å²) in [7, 11) is 0.398. The Balaban J connectivity index is 1.14. The Morgan fingerprint density at radius 3 is 2.42 bits per heavy atom. The summed E-state index contributed by atoms with van der Waals surface area (Å²) in [5.41, 5.74) is 4.84. The third kappa shape index (κ3) is 6.65. The molecule has 214 valence electrons. The van der Waals surface area contributed by atoms with Gasteiger partial charge in [0.25, 0.3) is 5.91 Å². The third-order valence-electron chi connectivity index (χ3n) is 7.47. The van der Waals surface area contributed by atoms with Crippen molar-refractivity contribution in [2.75, 3.05) is 39.5 Å². The minimum Gasteiger partial charge on any atom is -0.493 e. The second-order valence-electron chi connectivity index (χ2n) is 10.5. The maximum atomic E-state index is 12.9. The number of aromatic nitrogens is 2. The fourth-order valence-electron chi connectivity index (χ4n) is 4.96. The Hall–Kier alpha value is -3.41. The van der Waals surface area contributed by atoms with E-state index in [1.807, 2.05) is 42.1 Å². The Morgan fingerprint density at radius 2 is 1.77 bits per heavy atom. The molecule has 1 aliphatic heterocycles. The van der Waals surface area contributed by atoms with E-state index in [1.165, 1.54) is 29.1 Å². The van der Waals surface area contributed by atoms with Gasteiger partial charge in [-0.3, -0.25) is 9.48 Å². The average molecular weight is 568 g/mol. The van der Waals surface area contributed by atoms with E-state index in [0.717, 1.165) is 16.8 Å². The summed E-state index contributed by atoms with van der Waals surface area (Å²) in [5.74, 6) is 1.88. The Labute approximate surface area is 235 Å². The first-order valence-electron chi connectivity index (χ1n) is 13.6. The number of hydrogen-bond donors (Lipinski definition) is 1. The molecule has 0 atom stereocenters. The molecule has 1 saturated heterocycles. The van der Waals surface area contributed by atoms with Gasteiger partial charge >= 0.3 is 0 Å². The first-order valence-corrected chi connectivity index (χ1v) is 15.4. The van der Waals surface area contributed by atoms with Gasteiger partial charge in [0, 0.05) is 63.4 Å². The van der Waals surface area contributed by atoms with Gasteiger partial charge in [0.15, 0.2) is 11.5 Å². The molecular formula is C29H37N5O5S. The lowest BCUT2D eigenvalue weighted by molar-refractivity contribution is 0.0698. The summed E-state index contributed by atoms with van der Waals surface area (Å²) in [6.45, 7) is 3.06. The molecule has 5 rings (SSSR count). The molecule has 0 radical (unpaired) electrons. The molecule has 2 aromatic carbocycles. The lowest BCUT2D eigenvalue weighted by Gasteiger charge is -2.33. The monoisotopic (exact) mass is 567 g/mol. The van der Waals surface area contributed by atoms with Crippen LogP contribution in [0.15, 0.2) is 48.5 Å². The SMILES string of the molecule is COc1c(CNCc2cc(C3CC3)nn2C)cccc1OCc1ccc(C(=O)N2CCN(S(C)(=O)=O)CC2)cc1. The van der Waals surface area contributed by atoms with Crippen LogP contribution in [0.25, 0.3) is 0 Å². The molecule has 0 bridgehead atoms. The number of ether oxygens (including phenoxy) is 2. The first-order chi connectivity index (χ1) is 19.2. The van der Waals surface area contributed by atoms with Crippen LogP contribution in [0.3, 0.4) is 0 Å². The van der Waals surface area contributed by atoms with Crippen LogP contribution in [0.5, 0.6) is 11.5 Å². The zero-order chi connectivity index (χ0) is 28.3. The molecule has 3 aromatic rings. The van der Waals surface area contributed by atoms with Crippen LogP contribution in [0, 0.1) is 0 Å². The highest BCUT2D eigenvalue weighted by Gasteiger charge is 2.27. The highest BCUT2D eigenvalue weighted by Crippen LogP contribution is 2.39. The zero-order valence-electron chi connectivity index (χ0n) is 23.3. The smallest absolute Gasteiger partial charge is 0.253 e. The second kappa shape index (κ2) is 12.0. The topological polar surface area (TPSA) is 106 Å². The van der Waals surface area contributed by atoms with Crippen LogP contribution in [0.4, 0.5) is 0 Å². The molecule has 0 unspecified atom stereocenters. The molecule has 11 heteroatoms. The lowest BCUT2D eigenvalue weighted by atomic mass is 10.1. The molecule has 1 aliphatic carbocycles. The van der Waals surface area contributed by atoms with Crippen LogP contribution in [0.2, 0.25) is 0 Å². The third-order valence-corrected chi connectivity index (χ3v) is 8.77. The number of nitrogens with one attached hydrogen (secondary N) is 1. The number of hydrogen-bond acceptors (Lipinski definition) is 7. The van der Waals surface area contributed by atoms with Crippen LogP contribution in [-0.2, 0) is 36.8 Å². The largest absolute Gasteiger partial charge is 0.493 e. The van der Waals surface area contributed by atoms with Crippen molar-refractivity contribution in [2.24, 2.45) is 7.05 Å². The van der Waals surface area contributed by atoms with Crippen LogP contribution in [0.1, 0.15) is 51.6 Å². The summed E-state index contributed by atoms with van der Waals surface area (Å²) in [6, 6.07) is 15.4. The van der Waals surface area contributed by atoms with Crippen molar-refractivity contribution in [1.29, 1.82) is 0 Å². The van der Waals surface area contributed by atoms with Gasteiger partial charge in [0.1, 0.15) is 6.61 Å². The van der Waals surface area contributed by atoms with Crippen molar-refractivity contribution in [3.05, 3.63) is 76.6 Å². The van der Waals surface area contributed by atoms with E-state index in [1.54, 1.807) is 24.1 Å². The number of piperazine rings is 1. The molecular weight excluding hydrogens is 530 g/mol. The Morgan fingerprint density at radius 1 is 1.05 bits per heavy atom. The van der Waals surface area contributed by atoms with Gasteiger partial charge in [-0.1, -0.05) is 24.3 Å². The van der Waals surface area contributed by atoms with Gasteiger partial charge < -0.3 is 19.7 Å². The number of sulfonamides is 1. The molecule has 1 N–H and O–H groups in total. The fraction of sp³-hybridized carbons (Fsp3) is 0.448. The summed E-state index contributed by atoms with van der Waals surface area (Å²) in [6.07, 6.45) is 3.67. The van der Waals surface area contributed by atoms with Crippen molar-refractivity contribution in [1.82, 2.24) is 24.3 Å². The maximum Gasteiger partial charge on any atom is 0.253 e. The molecule has 10 nitrogen and oxygen atoms in total. The number of benzene rings is 2. The van der Waals surface area contributed by atoms with Crippen molar-refractivity contribution >= 4 is 15.9 Å². The average Bonchev–Trinajstić information content (AvgIpc) is 3.74. The molecule has 1 aromatic heterocycles. The van der Waals surface area contributed by atoms with Gasteiger partial charge in [-0.25, -0.2) is 8.42 Å². The fourth-order valence-corrected chi connectivity index (χ4v) is 5.78. The highest BCUT2D eigenvalue weighted by molar-refractivity contribution is 7.88. The van der Waals surface area contributed by atoms with Crippen molar-refractivity contribution in [2.45, 2.75) is 38.5 Å². The Kier molecular flexibility index (Phi) is 8.43. The van der Waals surface area contributed by atoms with E-state index in [4.69, 9.17) is 9.47 Å². The van der Waals surface area contributed by atoms with Crippen LogP contribution >= 0.6 is 0 Å². The van der Waals surface area contributed by atoms with Gasteiger partial charge in [-0.05, 0) is 42.7 Å². The summed E-state index contributed by atoms with van der Waals surface area (Å²) in [4.78, 5) is 14.6. The summed E-state index contributed by atoms with van der Waals surface area (Å²) < 4.78 is 38.6. The molecule has 1 saturated carbocycles. The number of aryl methyl sites for hydroxylation is 1. The standard InChI is InChI=1S/C29H37N5O5S/c1-32-25(17-26(31-32)22-11-12-22)19-30-18-24-5-4-6-27(28(24)38-2)39-20-21-7-9-23(10-8-21)29(35)33-13-15-34(16-14-33)40(3,36)37/h4-10,17,22,30H,11-16,18-20H2,1-3H3. The number of methoxy groups -OCH3 is 1.